The third-order valence-electron chi connectivity index (χ3n) is 15.7. The minimum absolute atomic E-state index is 0.754. The van der Waals surface area contributed by atoms with Gasteiger partial charge in [-0.15, -0.1) is 0 Å². The van der Waals surface area contributed by atoms with E-state index in [1.165, 1.54) is 0 Å². The fourth-order valence-corrected chi connectivity index (χ4v) is 11.1. The van der Waals surface area contributed by atoms with Crippen LogP contribution in [0.4, 0.5) is 0 Å². The number of hydrogen-bond acceptors (Lipinski definition) is 36. The van der Waals surface area contributed by atoms with Gasteiger partial charge in [-0.2, -0.15) is 0 Å². The van der Waals surface area contributed by atoms with Crippen LogP contribution in [-0.2, 0) is 76.0 Å². The van der Waals surface area contributed by atoms with E-state index in [9.17, 15) is 117 Å². The fourth-order valence-electron chi connectivity index (χ4n) is 11.1. The van der Waals surface area contributed by atoms with Crippen LogP contribution >= 0.6 is 0 Å². The summed E-state index contributed by atoms with van der Waals surface area (Å²) in [5, 5.41) is 223. The standard InChI is InChI=1S/C48H81N3O36/c1-11(58)49-21-30(67)24(61)14(4-52)77-44(21)86-40-27(64)17(7-55)80-47(35(40)72)83-37-19(9-57)82-43(22(31(37)68)50-12(2)59)75-10-20-29(66)39(34(71)42(74)76-20)85-45-23(51-13(3)60)38(26(63)16(6-54)78-45)84-48-36(73)41(28(65)18(8-56)81-48)87-46-33(70)32(69)25(62)15(5-53)79-46/h14-48,52-57,61-74H,4-10H2,1-3H3,(H,49,58)(H,50,59)(H,51,60)/t14-,15-,16-,17-,18-,19-,20-,21-,22-,23-,24-,25+,26-,27+,28+,29+,30-,31-,32+,33-,34-,35-,36-,37-,38-,39+,40+,41+,42?,43-,44+,45+,46-,47+,48+/m1/s1. The molecule has 23 N–H and O–H groups in total. The molecule has 7 heterocycles. The lowest BCUT2D eigenvalue weighted by atomic mass is 9.94. The lowest BCUT2D eigenvalue weighted by molar-refractivity contribution is -0.381. The van der Waals surface area contributed by atoms with E-state index in [1.807, 2.05) is 0 Å². The first-order valence-electron chi connectivity index (χ1n) is 27.6. The first-order valence-corrected chi connectivity index (χ1v) is 27.6. The Morgan fingerprint density at radius 2 is 0.621 bits per heavy atom. The Hall–Kier alpha value is -2.91. The van der Waals surface area contributed by atoms with E-state index in [2.05, 4.69) is 16.0 Å². The van der Waals surface area contributed by atoms with Crippen LogP contribution < -0.4 is 16.0 Å². The molecule has 0 aromatic heterocycles. The van der Waals surface area contributed by atoms with Crippen LogP contribution in [0.2, 0.25) is 0 Å². The molecule has 7 rings (SSSR count). The van der Waals surface area contributed by atoms with Gasteiger partial charge in [-0.1, -0.05) is 0 Å². The molecule has 0 spiro atoms. The second kappa shape index (κ2) is 31.1. The van der Waals surface area contributed by atoms with Crippen molar-refractivity contribution >= 4 is 17.7 Å². The summed E-state index contributed by atoms with van der Waals surface area (Å²) >= 11 is 0. The molecule has 35 atom stereocenters. The Labute approximate surface area is 492 Å². The van der Waals surface area contributed by atoms with E-state index >= 15 is 0 Å². The average Bonchev–Trinajstić information content (AvgIpc) is 1.29. The number of hydrogen-bond donors (Lipinski definition) is 23. The van der Waals surface area contributed by atoms with Crippen molar-refractivity contribution in [2.45, 2.75) is 236 Å². The maximum atomic E-state index is 12.8. The number of aliphatic hydroxyl groups excluding tert-OH is 20. The number of carbonyl (C=O) groups is 3. The summed E-state index contributed by atoms with van der Waals surface area (Å²) in [6, 6.07) is -5.14. The van der Waals surface area contributed by atoms with Crippen molar-refractivity contribution in [1.82, 2.24) is 16.0 Å². The summed E-state index contributed by atoms with van der Waals surface area (Å²) in [5.74, 6) is -2.49. The molecule has 0 aliphatic carbocycles. The number of ether oxygens (including phenoxy) is 13. The van der Waals surface area contributed by atoms with Crippen molar-refractivity contribution in [2.24, 2.45) is 0 Å². The Balaban J connectivity index is 1.06. The monoisotopic (exact) mass is 1280 g/mol. The van der Waals surface area contributed by atoms with E-state index in [1.54, 1.807) is 0 Å². The third kappa shape index (κ3) is 15.8. The molecule has 0 aromatic carbocycles. The molecule has 7 saturated heterocycles. The number of aliphatic hydroxyl groups is 20. The molecule has 39 heteroatoms. The highest BCUT2D eigenvalue weighted by Crippen LogP contribution is 2.37. The molecule has 1 unspecified atom stereocenters. The fraction of sp³-hybridized carbons (Fsp3) is 0.938. The van der Waals surface area contributed by atoms with Gasteiger partial charge in [-0.05, 0) is 0 Å². The molecular formula is C48H81N3O36. The number of nitrogens with one attached hydrogen (secondary N) is 3. The lowest BCUT2D eigenvalue weighted by Gasteiger charge is -2.50. The molecule has 7 aliphatic rings. The Bertz CT molecular complexity index is 2190. The third-order valence-corrected chi connectivity index (χ3v) is 15.7. The maximum Gasteiger partial charge on any atom is 0.217 e. The first-order chi connectivity index (χ1) is 41.1. The van der Waals surface area contributed by atoms with Gasteiger partial charge in [-0.3, -0.25) is 14.4 Å². The van der Waals surface area contributed by atoms with Gasteiger partial charge in [-0.25, -0.2) is 0 Å². The molecule has 87 heavy (non-hydrogen) atoms. The highest BCUT2D eigenvalue weighted by Gasteiger charge is 2.58. The summed E-state index contributed by atoms with van der Waals surface area (Å²) < 4.78 is 74.5. The zero-order valence-electron chi connectivity index (χ0n) is 46.6. The Morgan fingerprint density at radius 1 is 0.299 bits per heavy atom. The van der Waals surface area contributed by atoms with Gasteiger partial charge in [0.2, 0.25) is 17.7 Å². The van der Waals surface area contributed by atoms with E-state index in [4.69, 9.17) is 61.6 Å². The van der Waals surface area contributed by atoms with Gasteiger partial charge in [0.25, 0.3) is 0 Å². The topological polar surface area (TPSA) is 612 Å². The van der Waals surface area contributed by atoms with E-state index in [0.29, 0.717) is 0 Å². The maximum absolute atomic E-state index is 12.8. The number of rotatable bonds is 22. The normalized spacial score (nSPS) is 48.9. The molecule has 3 amide bonds. The van der Waals surface area contributed by atoms with Crippen LogP contribution in [0.5, 0.6) is 0 Å². The average molecular weight is 1280 g/mol. The predicted octanol–water partition coefficient (Wildman–Crippen LogP) is -15.8. The molecular weight excluding hydrogens is 1190 g/mol. The number of amides is 3. The lowest BCUT2D eigenvalue weighted by Crippen LogP contribution is -2.70. The molecule has 39 nitrogen and oxygen atoms in total. The molecule has 0 bridgehead atoms. The largest absolute Gasteiger partial charge is 0.394 e. The van der Waals surface area contributed by atoms with Crippen molar-refractivity contribution in [3.05, 3.63) is 0 Å². The predicted molar refractivity (Wildman–Crippen MR) is 267 cm³/mol. The summed E-state index contributed by atoms with van der Waals surface area (Å²) in [4.78, 5) is 37.5. The quantitative estimate of drug-likeness (QED) is 0.0479. The van der Waals surface area contributed by atoms with Crippen LogP contribution in [0, 0.1) is 0 Å². The van der Waals surface area contributed by atoms with Crippen LogP contribution in [0.3, 0.4) is 0 Å². The van der Waals surface area contributed by atoms with E-state index in [0.717, 1.165) is 20.8 Å². The summed E-state index contributed by atoms with van der Waals surface area (Å²) in [7, 11) is 0. The summed E-state index contributed by atoms with van der Waals surface area (Å²) in [5.41, 5.74) is 0. The van der Waals surface area contributed by atoms with Crippen molar-refractivity contribution in [3.8, 4) is 0 Å². The van der Waals surface area contributed by atoms with Crippen LogP contribution in [0.1, 0.15) is 20.8 Å². The van der Waals surface area contributed by atoms with Gasteiger partial charge < -0.3 is 180 Å². The summed E-state index contributed by atoms with van der Waals surface area (Å²) in [6.07, 6.45) is -61.7. The summed E-state index contributed by atoms with van der Waals surface area (Å²) in [6.45, 7) is -3.76. The van der Waals surface area contributed by atoms with Gasteiger partial charge in [0, 0.05) is 20.8 Å². The van der Waals surface area contributed by atoms with Gasteiger partial charge in [0.15, 0.2) is 44.0 Å². The van der Waals surface area contributed by atoms with Crippen LogP contribution in [-0.4, -0.2) is 381 Å². The molecule has 0 aromatic rings. The minimum atomic E-state index is -2.27. The zero-order valence-corrected chi connectivity index (χ0v) is 46.6. The first kappa shape index (κ1) is 71.5. The Kier molecular flexibility index (Phi) is 25.6. The van der Waals surface area contributed by atoms with E-state index < -0.39 is 279 Å². The van der Waals surface area contributed by atoms with Crippen LogP contribution in [0.15, 0.2) is 0 Å². The molecule has 504 valence electrons. The SMILES string of the molecule is CC(=O)N[C@H]1[C@H](OC[C@H]2OC(O)[C@H](O)[C@@H](O[C@@H]3O[C@H](CO)[C@@H](O)[C@H](O[C@@H]4O[C@H](CO)[C@H](O)[C@H](O[C@H]5O[C@H](CO)[C@H](O)[C@H](O)[C@H]5O)[C@H]4O)[C@H]3NC(C)=O)[C@H]2O)O[C@H](CO)[C@@H](O[C@@H]2O[C@H](CO)[C@H](O)[C@H](O[C@@H]3O[C@H](CO)[C@@H](O)[C@H](O)[C@H]3NC(C)=O)[C@H]2O)[C@@H]1O. The van der Waals surface area contributed by atoms with Crippen molar-refractivity contribution in [1.29, 1.82) is 0 Å². The second-order valence-electron chi connectivity index (χ2n) is 21.8. The second-order valence-corrected chi connectivity index (χ2v) is 21.8. The smallest absolute Gasteiger partial charge is 0.217 e. The van der Waals surface area contributed by atoms with Crippen LogP contribution in [0.25, 0.3) is 0 Å². The number of carbonyl (C=O) groups excluding carboxylic acids is 3. The van der Waals surface area contributed by atoms with Gasteiger partial charge in [0.05, 0.1) is 46.2 Å². The molecule has 7 fully saturated rings. The highest BCUT2D eigenvalue weighted by atomic mass is 16.8. The Morgan fingerprint density at radius 3 is 1.08 bits per heavy atom. The highest BCUT2D eigenvalue weighted by molar-refractivity contribution is 5.74. The molecule has 0 radical (unpaired) electrons. The van der Waals surface area contributed by atoms with Gasteiger partial charge >= 0.3 is 0 Å². The van der Waals surface area contributed by atoms with Gasteiger partial charge in [0.1, 0.15) is 171 Å². The molecule has 0 saturated carbocycles. The minimum Gasteiger partial charge on any atom is -0.394 e. The molecule has 7 aliphatic heterocycles. The van der Waals surface area contributed by atoms with Crippen molar-refractivity contribution < 1.29 is 178 Å². The van der Waals surface area contributed by atoms with Crippen molar-refractivity contribution in [2.75, 3.05) is 46.2 Å². The zero-order chi connectivity index (χ0) is 64.2. The van der Waals surface area contributed by atoms with E-state index in [-0.39, 0.29) is 0 Å². The van der Waals surface area contributed by atoms with Crippen molar-refractivity contribution in [3.63, 3.8) is 0 Å².